The second-order valence-corrected chi connectivity index (χ2v) is 9.22. The number of carbonyl (C=O) groups excluding carboxylic acids is 2. The van der Waals surface area contributed by atoms with Gasteiger partial charge >= 0.3 is 0 Å². The summed E-state index contributed by atoms with van der Waals surface area (Å²) in [5, 5.41) is 1.32. The summed E-state index contributed by atoms with van der Waals surface area (Å²) in [5.41, 5.74) is 4.22. The molecule has 0 aliphatic carbocycles. The Morgan fingerprint density at radius 1 is 1.13 bits per heavy atom. The minimum atomic E-state index is -3.29. The van der Waals surface area contributed by atoms with Crippen molar-refractivity contribution in [2.24, 2.45) is 4.99 Å². The topological polar surface area (TPSA) is 99.2 Å². The summed E-state index contributed by atoms with van der Waals surface area (Å²) in [6.45, 7) is 3.47. The number of benzene rings is 2. The molecule has 0 saturated carbocycles. The fourth-order valence-corrected chi connectivity index (χ4v) is 3.69. The number of hydrazine groups is 1. The maximum Gasteiger partial charge on any atom is 0.290 e. The van der Waals surface area contributed by atoms with Crippen LogP contribution in [-0.2, 0) is 19.4 Å². The van der Waals surface area contributed by atoms with Crippen LogP contribution in [0.3, 0.4) is 0 Å². The van der Waals surface area contributed by atoms with E-state index >= 15 is 0 Å². The van der Waals surface area contributed by atoms with Crippen LogP contribution in [0, 0.1) is 0 Å². The van der Waals surface area contributed by atoms with Gasteiger partial charge in [0.1, 0.15) is 6.04 Å². The molecule has 1 aliphatic heterocycles. The van der Waals surface area contributed by atoms with Crippen molar-refractivity contribution in [1.82, 2.24) is 10.3 Å². The summed E-state index contributed by atoms with van der Waals surface area (Å²) in [6.07, 6.45) is 1.15. The van der Waals surface area contributed by atoms with Gasteiger partial charge < -0.3 is 4.90 Å². The van der Waals surface area contributed by atoms with Gasteiger partial charge in [0.2, 0.25) is 5.84 Å². The molecule has 8 nitrogen and oxygen atoms in total. The van der Waals surface area contributed by atoms with Crippen molar-refractivity contribution in [3.05, 3.63) is 60.2 Å². The van der Waals surface area contributed by atoms with Gasteiger partial charge in [-0.2, -0.15) is 0 Å². The Hall–Kier alpha value is -3.20. The first kappa shape index (κ1) is 21.5. The van der Waals surface area contributed by atoms with E-state index in [9.17, 15) is 18.0 Å². The molecule has 0 saturated heterocycles. The summed E-state index contributed by atoms with van der Waals surface area (Å²) in [6, 6.07) is 14.3. The number of aliphatic imine (C=N–C) groups is 1. The minimum Gasteiger partial charge on any atom is -0.332 e. The quantitative estimate of drug-likeness (QED) is 0.785. The molecule has 0 bridgehead atoms. The monoisotopic (exact) mass is 428 g/mol. The lowest BCUT2D eigenvalue weighted by Gasteiger charge is -2.33. The van der Waals surface area contributed by atoms with Crippen LogP contribution in [0.5, 0.6) is 0 Å². The molecule has 0 spiro atoms. The summed E-state index contributed by atoms with van der Waals surface area (Å²) in [7, 11) is -1.66. The number of nitrogens with zero attached hydrogens (tertiary/aromatic N) is 3. The molecule has 1 N–H and O–H groups in total. The highest BCUT2D eigenvalue weighted by Gasteiger charge is 2.33. The second-order valence-electron chi connectivity index (χ2n) is 7.21. The summed E-state index contributed by atoms with van der Waals surface area (Å²) >= 11 is 0. The van der Waals surface area contributed by atoms with Crippen molar-refractivity contribution >= 4 is 33.2 Å². The number of para-hydroxylation sites is 1. The number of carbonyl (C=O) groups is 2. The maximum atomic E-state index is 13.1. The number of hydrogen-bond acceptors (Lipinski definition) is 6. The molecule has 1 aliphatic rings. The highest BCUT2D eigenvalue weighted by molar-refractivity contribution is 7.90. The zero-order valence-corrected chi connectivity index (χ0v) is 18.1. The molecule has 2 unspecified atom stereocenters. The van der Waals surface area contributed by atoms with Crippen molar-refractivity contribution < 1.29 is 18.0 Å². The molecule has 3 rings (SSSR count). The van der Waals surface area contributed by atoms with Crippen LogP contribution in [-0.4, -0.2) is 50.3 Å². The zero-order valence-electron chi connectivity index (χ0n) is 17.2. The third kappa shape index (κ3) is 4.35. The van der Waals surface area contributed by atoms with Gasteiger partial charge in [0.15, 0.2) is 9.84 Å². The normalized spacial score (nSPS) is 17.7. The number of likely N-dealkylation sites (N-methyl/N-ethyl adjacent to an activating group) is 1. The van der Waals surface area contributed by atoms with E-state index in [1.807, 2.05) is 13.0 Å². The lowest BCUT2D eigenvalue weighted by molar-refractivity contribution is -0.125. The third-order valence-electron chi connectivity index (χ3n) is 5.03. The molecule has 158 valence electrons. The maximum absolute atomic E-state index is 13.1. The van der Waals surface area contributed by atoms with Crippen LogP contribution in [0.25, 0.3) is 0 Å². The van der Waals surface area contributed by atoms with Crippen LogP contribution < -0.4 is 10.4 Å². The van der Waals surface area contributed by atoms with Crippen molar-refractivity contribution in [3.8, 4) is 0 Å². The van der Waals surface area contributed by atoms with Crippen LogP contribution in [0.1, 0.15) is 25.5 Å². The molecule has 0 aromatic heterocycles. The number of amidine groups is 1. The van der Waals surface area contributed by atoms with Gasteiger partial charge in [-0.15, -0.1) is 0 Å². The Morgan fingerprint density at radius 2 is 1.73 bits per heavy atom. The van der Waals surface area contributed by atoms with E-state index in [4.69, 9.17) is 0 Å². The molecule has 0 radical (unpaired) electrons. The second kappa shape index (κ2) is 8.27. The van der Waals surface area contributed by atoms with E-state index in [0.717, 1.165) is 11.8 Å². The Morgan fingerprint density at radius 3 is 2.30 bits per heavy atom. The van der Waals surface area contributed by atoms with Gasteiger partial charge in [0.05, 0.1) is 16.6 Å². The largest absolute Gasteiger partial charge is 0.332 e. The molecule has 2 aromatic carbocycles. The average molecular weight is 429 g/mol. The van der Waals surface area contributed by atoms with E-state index in [1.54, 1.807) is 50.4 Å². The van der Waals surface area contributed by atoms with Crippen molar-refractivity contribution in [1.29, 1.82) is 0 Å². The SMILES string of the molecule is CC1N=C(C(=O)N(C)C(C)c2ccc(S(C)(=O)=O)cc2)NN(c2ccccc2)C1=O. The van der Waals surface area contributed by atoms with E-state index in [0.29, 0.717) is 5.69 Å². The predicted molar refractivity (Wildman–Crippen MR) is 115 cm³/mol. The fourth-order valence-electron chi connectivity index (χ4n) is 3.06. The smallest absolute Gasteiger partial charge is 0.290 e. The number of anilines is 1. The third-order valence-corrected chi connectivity index (χ3v) is 6.16. The van der Waals surface area contributed by atoms with E-state index in [-0.39, 0.29) is 28.6 Å². The van der Waals surface area contributed by atoms with Gasteiger partial charge in [-0.1, -0.05) is 30.3 Å². The summed E-state index contributed by atoms with van der Waals surface area (Å²) in [4.78, 5) is 31.5. The van der Waals surface area contributed by atoms with E-state index < -0.39 is 15.9 Å². The molecule has 2 amide bonds. The summed E-state index contributed by atoms with van der Waals surface area (Å²) in [5.74, 6) is -0.576. The Bertz CT molecular complexity index is 1080. The molecular formula is C21H24N4O4S. The van der Waals surface area contributed by atoms with Crippen LogP contribution in [0.4, 0.5) is 5.69 Å². The first-order chi connectivity index (χ1) is 14.1. The summed E-state index contributed by atoms with van der Waals surface area (Å²) < 4.78 is 23.3. The molecule has 2 aromatic rings. The van der Waals surface area contributed by atoms with Crippen LogP contribution >= 0.6 is 0 Å². The van der Waals surface area contributed by atoms with E-state index in [2.05, 4.69) is 10.4 Å². The standard InChI is InChI=1S/C21H24N4O4S/c1-14-20(26)25(17-8-6-5-7-9-17)23-19(22-14)21(27)24(3)15(2)16-10-12-18(13-11-16)30(4,28)29/h5-15H,1-4H3,(H,22,23). The predicted octanol–water partition coefficient (Wildman–Crippen LogP) is 1.95. The Labute approximate surface area is 176 Å². The molecule has 2 atom stereocenters. The molecular weight excluding hydrogens is 404 g/mol. The average Bonchev–Trinajstić information content (AvgIpc) is 2.74. The van der Waals surface area contributed by atoms with Gasteiger partial charge in [-0.25, -0.2) is 18.4 Å². The van der Waals surface area contributed by atoms with Gasteiger partial charge in [-0.05, 0) is 43.7 Å². The van der Waals surface area contributed by atoms with Gasteiger partial charge in [0, 0.05) is 13.3 Å². The van der Waals surface area contributed by atoms with Crippen molar-refractivity contribution in [2.75, 3.05) is 18.3 Å². The molecule has 30 heavy (non-hydrogen) atoms. The van der Waals surface area contributed by atoms with Gasteiger partial charge in [-0.3, -0.25) is 15.0 Å². The molecule has 1 heterocycles. The number of hydrogen-bond donors (Lipinski definition) is 1. The molecule has 0 fully saturated rings. The minimum absolute atomic E-state index is 0.0630. The number of rotatable bonds is 5. The number of nitrogens with one attached hydrogen (secondary N) is 1. The molecule has 9 heteroatoms. The number of sulfone groups is 1. The highest BCUT2D eigenvalue weighted by atomic mass is 32.2. The lowest BCUT2D eigenvalue weighted by Crippen LogP contribution is -2.58. The van der Waals surface area contributed by atoms with Crippen LogP contribution in [0.2, 0.25) is 0 Å². The first-order valence-electron chi connectivity index (χ1n) is 9.40. The Kier molecular flexibility index (Phi) is 5.93. The highest BCUT2D eigenvalue weighted by Crippen LogP contribution is 2.22. The first-order valence-corrected chi connectivity index (χ1v) is 11.3. The van der Waals surface area contributed by atoms with Gasteiger partial charge in [0.25, 0.3) is 11.8 Å². The van der Waals surface area contributed by atoms with Crippen molar-refractivity contribution in [3.63, 3.8) is 0 Å². The lowest BCUT2D eigenvalue weighted by atomic mass is 10.1. The number of amides is 2. The zero-order chi connectivity index (χ0) is 22.1. The Balaban J connectivity index is 1.81. The van der Waals surface area contributed by atoms with Crippen LogP contribution in [0.15, 0.2) is 64.5 Å². The van der Waals surface area contributed by atoms with E-state index in [1.165, 1.54) is 22.0 Å². The fraction of sp³-hybridized carbons (Fsp3) is 0.286. The van der Waals surface area contributed by atoms with Crippen molar-refractivity contribution in [2.45, 2.75) is 30.8 Å².